The molecule has 90 valence electrons. The molecule has 0 aliphatic rings. The van der Waals surface area contributed by atoms with E-state index >= 15 is 0 Å². The standard InChI is InChI=1S/C13H17N3O/c1-9(2)7-12-15-13(17-16-12)11-5-3-10(8-14)4-6-11/h3-6,9H,7-8,14H2,1-2H3. The van der Waals surface area contributed by atoms with E-state index in [0.29, 0.717) is 18.4 Å². The van der Waals surface area contributed by atoms with Crippen LogP contribution in [-0.4, -0.2) is 10.1 Å². The summed E-state index contributed by atoms with van der Waals surface area (Å²) in [7, 11) is 0. The molecule has 2 rings (SSSR count). The minimum atomic E-state index is 0.528. The first-order chi connectivity index (χ1) is 8.19. The molecule has 0 bridgehead atoms. The van der Waals surface area contributed by atoms with Gasteiger partial charge in [0, 0.05) is 18.5 Å². The van der Waals surface area contributed by atoms with Crippen LogP contribution < -0.4 is 5.73 Å². The SMILES string of the molecule is CC(C)Cc1noc(-c2ccc(CN)cc2)n1. The number of aromatic nitrogens is 2. The van der Waals surface area contributed by atoms with Gasteiger partial charge in [0.2, 0.25) is 0 Å². The van der Waals surface area contributed by atoms with Crippen molar-refractivity contribution in [1.29, 1.82) is 0 Å². The predicted molar refractivity (Wildman–Crippen MR) is 66.2 cm³/mol. The van der Waals surface area contributed by atoms with E-state index < -0.39 is 0 Å². The Hall–Kier alpha value is -1.68. The lowest BCUT2D eigenvalue weighted by Crippen LogP contribution is -1.96. The topological polar surface area (TPSA) is 64.9 Å². The predicted octanol–water partition coefficient (Wildman–Crippen LogP) is 2.39. The second-order valence-electron chi connectivity index (χ2n) is 4.51. The summed E-state index contributed by atoms with van der Waals surface area (Å²) in [4.78, 5) is 4.37. The smallest absolute Gasteiger partial charge is 0.257 e. The van der Waals surface area contributed by atoms with E-state index in [1.165, 1.54) is 0 Å². The van der Waals surface area contributed by atoms with Crippen LogP contribution in [0.5, 0.6) is 0 Å². The minimum absolute atomic E-state index is 0.528. The normalized spacial score (nSPS) is 11.1. The van der Waals surface area contributed by atoms with Crippen molar-refractivity contribution in [3.05, 3.63) is 35.7 Å². The van der Waals surface area contributed by atoms with E-state index in [2.05, 4.69) is 24.0 Å². The van der Waals surface area contributed by atoms with Gasteiger partial charge in [0.15, 0.2) is 5.82 Å². The van der Waals surface area contributed by atoms with E-state index in [-0.39, 0.29) is 0 Å². The molecule has 0 aliphatic carbocycles. The Labute approximate surface area is 101 Å². The van der Waals surface area contributed by atoms with Crippen molar-refractivity contribution in [3.63, 3.8) is 0 Å². The van der Waals surface area contributed by atoms with E-state index in [0.717, 1.165) is 23.4 Å². The fourth-order valence-electron chi connectivity index (χ4n) is 1.60. The van der Waals surface area contributed by atoms with Crippen molar-refractivity contribution in [3.8, 4) is 11.5 Å². The molecule has 0 radical (unpaired) electrons. The Kier molecular flexibility index (Phi) is 3.54. The van der Waals surface area contributed by atoms with Crippen molar-refractivity contribution in [1.82, 2.24) is 10.1 Å². The van der Waals surface area contributed by atoms with Crippen molar-refractivity contribution in [2.75, 3.05) is 0 Å². The van der Waals surface area contributed by atoms with Gasteiger partial charge in [-0.1, -0.05) is 31.1 Å². The maximum absolute atomic E-state index is 5.55. The first kappa shape index (κ1) is 11.8. The van der Waals surface area contributed by atoms with Gasteiger partial charge in [-0.05, 0) is 23.6 Å². The van der Waals surface area contributed by atoms with E-state index in [1.807, 2.05) is 24.3 Å². The van der Waals surface area contributed by atoms with Crippen LogP contribution in [-0.2, 0) is 13.0 Å². The Morgan fingerprint density at radius 2 is 1.94 bits per heavy atom. The second-order valence-corrected chi connectivity index (χ2v) is 4.51. The summed E-state index contributed by atoms with van der Waals surface area (Å²) in [5, 5.41) is 3.96. The zero-order chi connectivity index (χ0) is 12.3. The van der Waals surface area contributed by atoms with Crippen LogP contribution in [0.4, 0.5) is 0 Å². The highest BCUT2D eigenvalue weighted by atomic mass is 16.5. The zero-order valence-corrected chi connectivity index (χ0v) is 10.2. The molecule has 1 aromatic carbocycles. The minimum Gasteiger partial charge on any atom is -0.334 e. The fraction of sp³-hybridized carbons (Fsp3) is 0.385. The summed E-state index contributed by atoms with van der Waals surface area (Å²) in [5.41, 5.74) is 7.57. The van der Waals surface area contributed by atoms with E-state index in [4.69, 9.17) is 10.3 Å². The third-order valence-electron chi connectivity index (χ3n) is 2.50. The first-order valence-corrected chi connectivity index (χ1v) is 5.81. The second kappa shape index (κ2) is 5.10. The molecule has 2 aromatic rings. The number of nitrogens with two attached hydrogens (primary N) is 1. The van der Waals surface area contributed by atoms with Crippen molar-refractivity contribution >= 4 is 0 Å². The van der Waals surface area contributed by atoms with Gasteiger partial charge in [-0.15, -0.1) is 0 Å². The molecule has 0 atom stereocenters. The van der Waals surface area contributed by atoms with Crippen molar-refractivity contribution in [2.45, 2.75) is 26.8 Å². The molecule has 17 heavy (non-hydrogen) atoms. The molecule has 4 heteroatoms. The lowest BCUT2D eigenvalue weighted by atomic mass is 10.1. The first-order valence-electron chi connectivity index (χ1n) is 5.81. The van der Waals surface area contributed by atoms with Gasteiger partial charge >= 0.3 is 0 Å². The fourth-order valence-corrected chi connectivity index (χ4v) is 1.60. The maximum Gasteiger partial charge on any atom is 0.257 e. The lowest BCUT2D eigenvalue weighted by molar-refractivity contribution is 0.418. The summed E-state index contributed by atoms with van der Waals surface area (Å²) >= 11 is 0. The van der Waals surface area contributed by atoms with Gasteiger partial charge in [0.25, 0.3) is 5.89 Å². The number of benzene rings is 1. The molecule has 1 aromatic heterocycles. The number of hydrogen-bond donors (Lipinski definition) is 1. The van der Waals surface area contributed by atoms with Gasteiger partial charge in [0.1, 0.15) is 0 Å². The average Bonchev–Trinajstić information content (AvgIpc) is 2.77. The summed E-state index contributed by atoms with van der Waals surface area (Å²) in [5.74, 6) is 1.86. The number of rotatable bonds is 4. The third-order valence-corrected chi connectivity index (χ3v) is 2.50. The highest BCUT2D eigenvalue weighted by molar-refractivity contribution is 5.53. The van der Waals surface area contributed by atoms with Crippen LogP contribution in [0.15, 0.2) is 28.8 Å². The van der Waals surface area contributed by atoms with Gasteiger partial charge in [0.05, 0.1) is 0 Å². The van der Waals surface area contributed by atoms with Crippen molar-refractivity contribution < 1.29 is 4.52 Å². The number of hydrogen-bond acceptors (Lipinski definition) is 4. The molecule has 0 amide bonds. The Morgan fingerprint density at radius 1 is 1.24 bits per heavy atom. The van der Waals surface area contributed by atoms with E-state index in [9.17, 15) is 0 Å². The average molecular weight is 231 g/mol. The van der Waals surface area contributed by atoms with Crippen LogP contribution in [0.2, 0.25) is 0 Å². The molecule has 0 spiro atoms. The molecule has 4 nitrogen and oxygen atoms in total. The molecular formula is C13H17N3O. The van der Waals surface area contributed by atoms with Crippen LogP contribution in [0.3, 0.4) is 0 Å². The quantitative estimate of drug-likeness (QED) is 0.877. The zero-order valence-electron chi connectivity index (χ0n) is 10.2. The molecule has 2 N–H and O–H groups in total. The highest BCUT2D eigenvalue weighted by Crippen LogP contribution is 2.18. The molecule has 0 unspecified atom stereocenters. The summed E-state index contributed by atoms with van der Waals surface area (Å²) in [6.07, 6.45) is 0.838. The Morgan fingerprint density at radius 3 is 2.53 bits per heavy atom. The largest absolute Gasteiger partial charge is 0.334 e. The molecule has 0 saturated heterocycles. The van der Waals surface area contributed by atoms with Gasteiger partial charge in [-0.2, -0.15) is 4.98 Å². The third kappa shape index (κ3) is 2.91. The molecule has 0 aliphatic heterocycles. The molecule has 0 fully saturated rings. The Bertz CT molecular complexity index is 474. The summed E-state index contributed by atoms with van der Waals surface area (Å²) in [6, 6.07) is 7.85. The van der Waals surface area contributed by atoms with Crippen LogP contribution >= 0.6 is 0 Å². The van der Waals surface area contributed by atoms with Gasteiger partial charge in [-0.3, -0.25) is 0 Å². The summed E-state index contributed by atoms with van der Waals surface area (Å²) in [6.45, 7) is 4.81. The van der Waals surface area contributed by atoms with Crippen LogP contribution in [0.25, 0.3) is 11.5 Å². The van der Waals surface area contributed by atoms with Gasteiger partial charge in [-0.25, -0.2) is 0 Å². The highest BCUT2D eigenvalue weighted by Gasteiger charge is 2.09. The number of nitrogens with zero attached hydrogens (tertiary/aromatic N) is 2. The summed E-state index contributed by atoms with van der Waals surface area (Å²) < 4.78 is 5.23. The van der Waals surface area contributed by atoms with Gasteiger partial charge < -0.3 is 10.3 Å². The van der Waals surface area contributed by atoms with E-state index in [1.54, 1.807) is 0 Å². The van der Waals surface area contributed by atoms with Crippen LogP contribution in [0, 0.1) is 5.92 Å². The maximum atomic E-state index is 5.55. The monoisotopic (exact) mass is 231 g/mol. The van der Waals surface area contributed by atoms with Crippen LogP contribution in [0.1, 0.15) is 25.2 Å². The molecular weight excluding hydrogens is 214 g/mol. The lowest BCUT2D eigenvalue weighted by Gasteiger charge is -1.97. The molecule has 0 saturated carbocycles. The molecule has 1 heterocycles. The Balaban J connectivity index is 2.18. The van der Waals surface area contributed by atoms with Crippen molar-refractivity contribution in [2.24, 2.45) is 11.7 Å².